The predicted octanol–water partition coefficient (Wildman–Crippen LogP) is 2.75. The maximum Gasteiger partial charge on any atom is 0.303 e. The van der Waals surface area contributed by atoms with Gasteiger partial charge in [0, 0.05) is 31.0 Å². The number of piperidine rings is 1. The van der Waals surface area contributed by atoms with Crippen LogP contribution in [0.1, 0.15) is 31.2 Å². The third-order valence-electron chi connectivity index (χ3n) is 4.57. The van der Waals surface area contributed by atoms with Gasteiger partial charge in [0.25, 0.3) is 5.91 Å². The smallest absolute Gasteiger partial charge is 0.303 e. The van der Waals surface area contributed by atoms with E-state index in [2.05, 4.69) is 0 Å². The largest absolute Gasteiger partial charge is 0.481 e. The first-order valence-electron chi connectivity index (χ1n) is 7.98. The SMILES string of the molecule is O=C(O)CCC1CCCN(C(=O)C2Cc3cc(Cl)ccc3O2)C1. The molecule has 2 aliphatic rings. The van der Waals surface area contributed by atoms with Crippen LogP contribution in [0, 0.1) is 5.92 Å². The van der Waals surface area contributed by atoms with Crippen molar-refractivity contribution in [2.24, 2.45) is 5.92 Å². The van der Waals surface area contributed by atoms with Gasteiger partial charge in [0.05, 0.1) is 0 Å². The quantitative estimate of drug-likeness (QED) is 0.917. The zero-order chi connectivity index (χ0) is 16.4. The summed E-state index contributed by atoms with van der Waals surface area (Å²) in [6.07, 6.45) is 2.75. The van der Waals surface area contributed by atoms with Crippen LogP contribution in [0.15, 0.2) is 18.2 Å². The number of hydrogen-bond donors (Lipinski definition) is 1. The van der Waals surface area contributed by atoms with Crippen LogP contribution in [-0.4, -0.2) is 41.1 Å². The Labute approximate surface area is 140 Å². The number of likely N-dealkylation sites (tertiary alicyclic amines) is 1. The molecule has 0 aromatic heterocycles. The lowest BCUT2D eigenvalue weighted by Gasteiger charge is -2.34. The van der Waals surface area contributed by atoms with Crippen LogP contribution >= 0.6 is 11.6 Å². The van der Waals surface area contributed by atoms with Gasteiger partial charge in [-0.25, -0.2) is 0 Å². The van der Waals surface area contributed by atoms with Gasteiger partial charge >= 0.3 is 5.97 Å². The molecule has 1 fully saturated rings. The van der Waals surface area contributed by atoms with Crippen LogP contribution in [0.4, 0.5) is 0 Å². The molecule has 0 aliphatic carbocycles. The zero-order valence-electron chi connectivity index (χ0n) is 12.8. The molecule has 1 amide bonds. The second-order valence-electron chi connectivity index (χ2n) is 6.29. The minimum absolute atomic E-state index is 0.00246. The number of halogens is 1. The van der Waals surface area contributed by atoms with Crippen molar-refractivity contribution >= 4 is 23.5 Å². The fourth-order valence-corrected chi connectivity index (χ4v) is 3.58. The summed E-state index contributed by atoms with van der Waals surface area (Å²) in [5.74, 6) is 0.214. The van der Waals surface area contributed by atoms with E-state index >= 15 is 0 Å². The van der Waals surface area contributed by atoms with Gasteiger partial charge in [0.2, 0.25) is 0 Å². The van der Waals surface area contributed by atoms with Crippen molar-refractivity contribution in [2.45, 2.75) is 38.2 Å². The highest BCUT2D eigenvalue weighted by Gasteiger charge is 2.34. The molecule has 5 nitrogen and oxygen atoms in total. The van der Waals surface area contributed by atoms with Gasteiger partial charge in [-0.3, -0.25) is 9.59 Å². The van der Waals surface area contributed by atoms with E-state index in [1.54, 1.807) is 12.1 Å². The average molecular weight is 338 g/mol. The molecule has 0 spiro atoms. The van der Waals surface area contributed by atoms with Crippen LogP contribution in [0.2, 0.25) is 5.02 Å². The molecule has 1 aromatic rings. The monoisotopic (exact) mass is 337 g/mol. The Balaban J connectivity index is 1.59. The number of nitrogens with zero attached hydrogens (tertiary/aromatic N) is 1. The van der Waals surface area contributed by atoms with Crippen LogP contribution in [0.3, 0.4) is 0 Å². The molecule has 124 valence electrons. The number of rotatable bonds is 4. The lowest BCUT2D eigenvalue weighted by atomic mass is 9.93. The number of aliphatic carboxylic acids is 1. The number of carbonyl (C=O) groups is 2. The van der Waals surface area contributed by atoms with Gasteiger partial charge in [-0.1, -0.05) is 11.6 Å². The molecule has 2 heterocycles. The van der Waals surface area contributed by atoms with Gasteiger partial charge in [-0.2, -0.15) is 0 Å². The summed E-state index contributed by atoms with van der Waals surface area (Å²) in [4.78, 5) is 25.2. The lowest BCUT2D eigenvalue weighted by Crippen LogP contribution is -2.46. The van der Waals surface area contributed by atoms with E-state index in [1.807, 2.05) is 11.0 Å². The number of fused-ring (bicyclic) bond motifs is 1. The van der Waals surface area contributed by atoms with Crippen molar-refractivity contribution < 1.29 is 19.4 Å². The highest BCUT2D eigenvalue weighted by atomic mass is 35.5. The maximum absolute atomic E-state index is 12.7. The Kier molecular flexibility index (Phi) is 4.76. The lowest BCUT2D eigenvalue weighted by molar-refractivity contribution is -0.140. The number of carbonyl (C=O) groups excluding carboxylic acids is 1. The number of benzene rings is 1. The van der Waals surface area contributed by atoms with Gasteiger partial charge in [-0.15, -0.1) is 0 Å². The Morgan fingerprint density at radius 3 is 3.00 bits per heavy atom. The topological polar surface area (TPSA) is 66.8 Å². The van der Waals surface area contributed by atoms with Crippen molar-refractivity contribution in [2.75, 3.05) is 13.1 Å². The van der Waals surface area contributed by atoms with Gasteiger partial charge in [0.1, 0.15) is 5.75 Å². The highest BCUT2D eigenvalue weighted by Crippen LogP contribution is 2.32. The van der Waals surface area contributed by atoms with Crippen molar-refractivity contribution in [3.8, 4) is 5.75 Å². The molecule has 2 aliphatic heterocycles. The fourth-order valence-electron chi connectivity index (χ4n) is 3.39. The van der Waals surface area contributed by atoms with Crippen LogP contribution < -0.4 is 4.74 Å². The Hall–Kier alpha value is -1.75. The number of carboxylic acids is 1. The van der Waals surface area contributed by atoms with Crippen LogP contribution in [0.5, 0.6) is 5.75 Å². The van der Waals surface area contributed by atoms with E-state index in [0.717, 1.165) is 30.7 Å². The maximum atomic E-state index is 12.7. The third kappa shape index (κ3) is 3.78. The summed E-state index contributed by atoms with van der Waals surface area (Å²) in [6, 6.07) is 5.41. The normalized spacial score (nSPS) is 23.3. The Bertz CT molecular complexity index is 619. The summed E-state index contributed by atoms with van der Waals surface area (Å²) in [5.41, 5.74) is 0.968. The molecule has 0 saturated carbocycles. The molecule has 0 radical (unpaired) electrons. The summed E-state index contributed by atoms with van der Waals surface area (Å²) >= 11 is 5.98. The molecule has 3 rings (SSSR count). The van der Waals surface area contributed by atoms with E-state index in [4.69, 9.17) is 21.4 Å². The predicted molar refractivity (Wildman–Crippen MR) is 85.7 cm³/mol. The summed E-state index contributed by atoms with van der Waals surface area (Å²) in [5, 5.41) is 9.45. The van der Waals surface area contributed by atoms with E-state index in [0.29, 0.717) is 24.4 Å². The van der Waals surface area contributed by atoms with Gasteiger partial charge in [0.15, 0.2) is 6.10 Å². The third-order valence-corrected chi connectivity index (χ3v) is 4.80. The number of hydrogen-bond acceptors (Lipinski definition) is 3. The molecule has 23 heavy (non-hydrogen) atoms. The van der Waals surface area contributed by atoms with Crippen molar-refractivity contribution in [3.05, 3.63) is 28.8 Å². The molecular formula is C17H20ClNO4. The zero-order valence-corrected chi connectivity index (χ0v) is 13.6. The molecule has 1 aromatic carbocycles. The molecule has 6 heteroatoms. The van der Waals surface area contributed by atoms with Crippen molar-refractivity contribution in [1.29, 1.82) is 0 Å². The van der Waals surface area contributed by atoms with E-state index in [9.17, 15) is 9.59 Å². The minimum Gasteiger partial charge on any atom is -0.481 e. The number of carboxylic acid groups (broad SMARTS) is 1. The first-order chi connectivity index (χ1) is 11.0. The molecule has 2 unspecified atom stereocenters. The molecule has 1 N–H and O–H groups in total. The fraction of sp³-hybridized carbons (Fsp3) is 0.529. The summed E-state index contributed by atoms with van der Waals surface area (Å²) in [6.45, 7) is 1.35. The summed E-state index contributed by atoms with van der Waals surface area (Å²) < 4.78 is 5.77. The summed E-state index contributed by atoms with van der Waals surface area (Å²) in [7, 11) is 0. The number of amides is 1. The molecule has 2 atom stereocenters. The van der Waals surface area contributed by atoms with Gasteiger partial charge < -0.3 is 14.7 Å². The first-order valence-corrected chi connectivity index (χ1v) is 8.36. The molecule has 1 saturated heterocycles. The van der Waals surface area contributed by atoms with Crippen molar-refractivity contribution in [3.63, 3.8) is 0 Å². The van der Waals surface area contributed by atoms with E-state index in [-0.39, 0.29) is 18.2 Å². The highest BCUT2D eigenvalue weighted by molar-refractivity contribution is 6.30. The second-order valence-corrected chi connectivity index (χ2v) is 6.72. The average Bonchev–Trinajstić information content (AvgIpc) is 2.95. The Morgan fingerprint density at radius 2 is 2.22 bits per heavy atom. The number of ether oxygens (including phenoxy) is 1. The van der Waals surface area contributed by atoms with Crippen LogP contribution in [0.25, 0.3) is 0 Å². The van der Waals surface area contributed by atoms with Crippen molar-refractivity contribution in [1.82, 2.24) is 4.90 Å². The second kappa shape index (κ2) is 6.79. The standard InChI is InChI=1S/C17H20ClNO4/c18-13-4-5-14-12(8-13)9-15(23-14)17(22)19-7-1-2-11(10-19)3-6-16(20)21/h4-5,8,11,15H,1-3,6-7,9-10H2,(H,20,21). The molecular weight excluding hydrogens is 318 g/mol. The molecule has 0 bridgehead atoms. The Morgan fingerprint density at radius 1 is 1.39 bits per heavy atom. The van der Waals surface area contributed by atoms with E-state index < -0.39 is 12.1 Å². The minimum atomic E-state index is -0.778. The van der Waals surface area contributed by atoms with Crippen LogP contribution in [-0.2, 0) is 16.0 Å². The van der Waals surface area contributed by atoms with Gasteiger partial charge in [-0.05, 0) is 48.9 Å². The first kappa shape index (κ1) is 16.1. The van der Waals surface area contributed by atoms with E-state index in [1.165, 1.54) is 0 Å².